The Morgan fingerprint density at radius 2 is 2.12 bits per heavy atom. The van der Waals surface area contributed by atoms with E-state index in [9.17, 15) is 14.0 Å². The van der Waals surface area contributed by atoms with E-state index in [4.69, 9.17) is 5.73 Å². The molecule has 3 N–H and O–H groups in total. The number of nitrogens with two attached hydrogens (primary N) is 1. The summed E-state index contributed by atoms with van der Waals surface area (Å²) >= 11 is 0. The number of guanidine groups is 1. The Labute approximate surface area is 149 Å². The first-order valence-electron chi connectivity index (χ1n) is 7.94. The van der Waals surface area contributed by atoms with Gasteiger partial charge in [-0.05, 0) is 36.8 Å². The maximum absolute atomic E-state index is 12.9. The number of aromatic nitrogens is 1. The molecule has 0 aliphatic carbocycles. The van der Waals surface area contributed by atoms with E-state index in [0.29, 0.717) is 5.69 Å². The number of nitrogens with zero attached hydrogens (tertiary/aromatic N) is 3. The third kappa shape index (κ3) is 3.39. The molecule has 1 aromatic carbocycles. The Balaban J connectivity index is 1.85. The zero-order valence-electron chi connectivity index (χ0n) is 14.4. The number of halogens is 1. The Kier molecular flexibility index (Phi) is 4.41. The summed E-state index contributed by atoms with van der Waals surface area (Å²) in [5.74, 6) is -0.965. The number of hydrogen-bond donors (Lipinski definition) is 2. The van der Waals surface area contributed by atoms with Gasteiger partial charge in [-0.25, -0.2) is 14.4 Å². The molecule has 7 nitrogen and oxygen atoms in total. The van der Waals surface area contributed by atoms with E-state index in [0.717, 1.165) is 11.8 Å². The van der Waals surface area contributed by atoms with Crippen LogP contribution in [0.15, 0.2) is 47.6 Å². The molecule has 0 unspecified atom stereocenters. The molecule has 0 bridgehead atoms. The molecule has 0 saturated heterocycles. The molecule has 2 amide bonds. The van der Waals surface area contributed by atoms with E-state index < -0.39 is 17.3 Å². The zero-order valence-corrected chi connectivity index (χ0v) is 14.4. The van der Waals surface area contributed by atoms with Gasteiger partial charge >= 0.3 is 0 Å². The first kappa shape index (κ1) is 17.5. The Hall–Kier alpha value is -3.29. The molecule has 26 heavy (non-hydrogen) atoms. The van der Waals surface area contributed by atoms with E-state index in [1.54, 1.807) is 25.2 Å². The molecule has 0 radical (unpaired) electrons. The fourth-order valence-corrected chi connectivity index (χ4v) is 2.71. The quantitative estimate of drug-likeness (QED) is 0.877. The molecule has 1 aromatic heterocycles. The summed E-state index contributed by atoms with van der Waals surface area (Å²) in [6.45, 7) is 1.81. The summed E-state index contributed by atoms with van der Waals surface area (Å²) in [5, 5.41) is 2.71. The lowest BCUT2D eigenvalue weighted by molar-refractivity contribution is -0.128. The standard InChI is InChI=1S/C18H18FN5O2/c1-18(9-15(25)24(2)17(20)23-18)11-4-3-5-13(8-11)22-16(26)14-7-6-12(19)10-21-14/h3-8,10H,9H2,1-2H3,(H2,20,23)(H,22,26)/t18-/m0/s1. The fourth-order valence-electron chi connectivity index (χ4n) is 2.71. The number of pyridine rings is 1. The molecular formula is C18H18FN5O2. The Morgan fingerprint density at radius 3 is 2.77 bits per heavy atom. The van der Waals surface area contributed by atoms with Gasteiger partial charge in [0.1, 0.15) is 11.5 Å². The summed E-state index contributed by atoms with van der Waals surface area (Å²) in [6, 6.07) is 9.48. The number of aliphatic imine (C=N–C) groups is 1. The van der Waals surface area contributed by atoms with Crippen LogP contribution >= 0.6 is 0 Å². The lowest BCUT2D eigenvalue weighted by Crippen LogP contribution is -2.47. The minimum atomic E-state index is -0.817. The molecule has 1 atom stereocenters. The van der Waals surface area contributed by atoms with Crippen LogP contribution in [0.4, 0.5) is 10.1 Å². The van der Waals surface area contributed by atoms with Gasteiger partial charge in [0.25, 0.3) is 5.91 Å². The molecule has 134 valence electrons. The molecule has 1 aliphatic rings. The second-order valence-corrected chi connectivity index (χ2v) is 6.27. The van der Waals surface area contributed by atoms with Crippen LogP contribution in [0.2, 0.25) is 0 Å². The largest absolute Gasteiger partial charge is 0.369 e. The highest BCUT2D eigenvalue weighted by Gasteiger charge is 2.36. The monoisotopic (exact) mass is 355 g/mol. The lowest BCUT2D eigenvalue weighted by Gasteiger charge is -2.33. The predicted octanol–water partition coefficient (Wildman–Crippen LogP) is 1.86. The van der Waals surface area contributed by atoms with Gasteiger partial charge in [0.15, 0.2) is 5.96 Å². The van der Waals surface area contributed by atoms with E-state index in [1.807, 2.05) is 13.0 Å². The van der Waals surface area contributed by atoms with Gasteiger partial charge in [-0.1, -0.05) is 12.1 Å². The summed E-state index contributed by atoms with van der Waals surface area (Å²) in [7, 11) is 1.58. The first-order valence-corrected chi connectivity index (χ1v) is 7.94. The minimum Gasteiger partial charge on any atom is -0.369 e. The number of carbonyl (C=O) groups excluding carboxylic acids is 2. The van der Waals surface area contributed by atoms with E-state index in [2.05, 4.69) is 15.3 Å². The third-order valence-corrected chi connectivity index (χ3v) is 4.28. The average Bonchev–Trinajstić information content (AvgIpc) is 2.60. The average molecular weight is 355 g/mol. The van der Waals surface area contributed by atoms with Gasteiger partial charge in [-0.15, -0.1) is 0 Å². The molecule has 2 heterocycles. The van der Waals surface area contributed by atoms with Crippen LogP contribution < -0.4 is 11.1 Å². The number of anilines is 1. The van der Waals surface area contributed by atoms with E-state index in [1.165, 1.54) is 17.0 Å². The second kappa shape index (κ2) is 6.55. The van der Waals surface area contributed by atoms with Gasteiger partial charge in [0.05, 0.1) is 18.2 Å². The summed E-state index contributed by atoms with van der Waals surface area (Å²) in [4.78, 5) is 33.9. The number of amides is 2. The summed E-state index contributed by atoms with van der Waals surface area (Å²) < 4.78 is 12.9. The van der Waals surface area contributed by atoms with Crippen LogP contribution in [0.3, 0.4) is 0 Å². The first-order chi connectivity index (χ1) is 12.3. The third-order valence-electron chi connectivity index (χ3n) is 4.28. The SMILES string of the molecule is CN1C(=O)C[C@@](C)(c2cccc(NC(=O)c3ccc(F)cn3)c2)N=C1N. The van der Waals surface area contributed by atoms with Gasteiger partial charge in [0, 0.05) is 12.7 Å². The van der Waals surface area contributed by atoms with Crippen molar-refractivity contribution in [1.82, 2.24) is 9.88 Å². The van der Waals surface area contributed by atoms with Crippen molar-refractivity contribution >= 4 is 23.5 Å². The van der Waals surface area contributed by atoms with Crippen molar-refractivity contribution in [3.8, 4) is 0 Å². The van der Waals surface area contributed by atoms with Crippen LogP contribution in [0.5, 0.6) is 0 Å². The van der Waals surface area contributed by atoms with Gasteiger partial charge in [0.2, 0.25) is 5.91 Å². The number of nitrogens with one attached hydrogen (secondary N) is 1. The highest BCUT2D eigenvalue weighted by Crippen LogP contribution is 2.34. The smallest absolute Gasteiger partial charge is 0.274 e. The molecule has 3 rings (SSSR count). The normalized spacial score (nSPS) is 19.9. The highest BCUT2D eigenvalue weighted by atomic mass is 19.1. The van der Waals surface area contributed by atoms with Gasteiger partial charge in [-0.2, -0.15) is 0 Å². The van der Waals surface area contributed by atoms with Crippen LogP contribution in [0.25, 0.3) is 0 Å². The van der Waals surface area contributed by atoms with Crippen LogP contribution in [-0.4, -0.2) is 34.7 Å². The van der Waals surface area contributed by atoms with Crippen LogP contribution in [0.1, 0.15) is 29.4 Å². The number of rotatable bonds is 3. The molecule has 1 aliphatic heterocycles. The predicted molar refractivity (Wildman–Crippen MR) is 95.0 cm³/mol. The van der Waals surface area contributed by atoms with Crippen LogP contribution in [-0.2, 0) is 10.3 Å². The van der Waals surface area contributed by atoms with Crippen molar-refractivity contribution in [1.29, 1.82) is 0 Å². The lowest BCUT2D eigenvalue weighted by atomic mass is 9.87. The van der Waals surface area contributed by atoms with Gasteiger partial charge < -0.3 is 11.1 Å². The summed E-state index contributed by atoms with van der Waals surface area (Å²) in [5.41, 5.74) is 6.37. The van der Waals surface area contributed by atoms with Crippen molar-refractivity contribution in [2.45, 2.75) is 18.9 Å². The number of hydrogen-bond acceptors (Lipinski definition) is 5. The van der Waals surface area contributed by atoms with E-state index >= 15 is 0 Å². The highest BCUT2D eigenvalue weighted by molar-refractivity contribution is 6.03. The van der Waals surface area contributed by atoms with Crippen molar-refractivity contribution in [2.24, 2.45) is 10.7 Å². The minimum absolute atomic E-state index is 0.0970. The van der Waals surface area contributed by atoms with Crippen molar-refractivity contribution in [3.63, 3.8) is 0 Å². The number of carbonyl (C=O) groups is 2. The molecule has 8 heteroatoms. The van der Waals surface area contributed by atoms with Gasteiger partial charge in [-0.3, -0.25) is 14.5 Å². The van der Waals surface area contributed by atoms with Crippen molar-refractivity contribution in [3.05, 3.63) is 59.7 Å². The van der Waals surface area contributed by atoms with E-state index in [-0.39, 0.29) is 24.0 Å². The fraction of sp³-hybridized carbons (Fsp3) is 0.222. The topological polar surface area (TPSA) is 101 Å². The number of benzene rings is 1. The van der Waals surface area contributed by atoms with Crippen LogP contribution in [0, 0.1) is 5.82 Å². The maximum Gasteiger partial charge on any atom is 0.274 e. The Bertz CT molecular complexity index is 897. The van der Waals surface area contributed by atoms with Crippen molar-refractivity contribution in [2.75, 3.05) is 12.4 Å². The molecule has 0 spiro atoms. The molecule has 2 aromatic rings. The molecule has 0 fully saturated rings. The Morgan fingerprint density at radius 1 is 1.35 bits per heavy atom. The summed E-state index contributed by atoms with van der Waals surface area (Å²) in [6.07, 6.45) is 1.15. The maximum atomic E-state index is 12.9. The second-order valence-electron chi connectivity index (χ2n) is 6.27. The zero-order chi connectivity index (χ0) is 18.9. The van der Waals surface area contributed by atoms with Crippen molar-refractivity contribution < 1.29 is 14.0 Å². The molecule has 0 saturated carbocycles. The molecular weight excluding hydrogens is 337 g/mol.